The second kappa shape index (κ2) is 9.34. The van der Waals surface area contributed by atoms with E-state index >= 15 is 0 Å². The van der Waals surface area contributed by atoms with E-state index in [4.69, 9.17) is 26.0 Å². The number of rotatable bonds is 7. The highest BCUT2D eigenvalue weighted by atomic mass is 19.1. The minimum absolute atomic E-state index is 0.152. The number of hydrogen-bond donors (Lipinski definition) is 4. The van der Waals surface area contributed by atoms with Crippen LogP contribution in [0.3, 0.4) is 0 Å². The molecule has 5 aromatic rings. The van der Waals surface area contributed by atoms with Gasteiger partial charge in [0.1, 0.15) is 34.8 Å². The number of anilines is 2. The lowest BCUT2D eigenvalue weighted by Gasteiger charge is -2.25. The summed E-state index contributed by atoms with van der Waals surface area (Å²) in [6, 6.07) is 10.1. The molecule has 0 spiro atoms. The Morgan fingerprint density at radius 3 is 2.76 bits per heavy atom. The van der Waals surface area contributed by atoms with Gasteiger partial charge >= 0.3 is 5.97 Å². The summed E-state index contributed by atoms with van der Waals surface area (Å²) in [6.07, 6.45) is 2.51. The quantitative estimate of drug-likeness (QED) is 0.230. The van der Waals surface area contributed by atoms with Gasteiger partial charge in [-0.25, -0.2) is 29.0 Å². The first-order chi connectivity index (χ1) is 19.5. The van der Waals surface area contributed by atoms with Crippen molar-refractivity contribution in [3.8, 4) is 11.5 Å². The third-order valence-corrected chi connectivity index (χ3v) is 7.57. The molecule has 4 aromatic heterocycles. The van der Waals surface area contributed by atoms with E-state index in [9.17, 15) is 14.3 Å². The average Bonchev–Trinajstić information content (AvgIpc) is 3.61. The number of carboxylic acid groups (broad SMARTS) is 1. The van der Waals surface area contributed by atoms with Crippen LogP contribution in [0.4, 0.5) is 16.0 Å². The van der Waals surface area contributed by atoms with Crippen molar-refractivity contribution < 1.29 is 18.7 Å². The maximum atomic E-state index is 14.4. The van der Waals surface area contributed by atoms with Gasteiger partial charge in [0.15, 0.2) is 11.5 Å². The number of nitrogen functional groups attached to an aromatic ring is 1. The first-order valence-corrected chi connectivity index (χ1v) is 12.9. The molecule has 0 saturated carbocycles. The Hall–Kier alpha value is -4.91. The van der Waals surface area contributed by atoms with Gasteiger partial charge in [-0.05, 0) is 39.0 Å². The molecule has 0 fully saturated rings. The van der Waals surface area contributed by atoms with Gasteiger partial charge < -0.3 is 26.3 Å². The first kappa shape index (κ1) is 26.3. The van der Waals surface area contributed by atoms with Crippen LogP contribution in [0.25, 0.3) is 22.6 Å². The van der Waals surface area contributed by atoms with Crippen molar-refractivity contribution in [2.45, 2.75) is 45.3 Å². The second-order valence-corrected chi connectivity index (χ2v) is 11.0. The standard InChI is InChI=1S/C28H28FN9O3/c1-27(2,26(39)40)11-15-13-41-25(33-15)28(3)18-20(30)34-22(35-21(18)36-24(28)31)19-16-8-6-10-32-23(16)38(37-19)12-14-7-4-5-9-17(14)29/h4-10,13,24H,11-12,31H2,1-3H3,(H,39,40)(H3,30,34,35,36). The number of pyridine rings is 1. The number of carboxylic acids is 1. The number of aliphatic carboxylic acids is 1. The van der Waals surface area contributed by atoms with E-state index < -0.39 is 23.0 Å². The van der Waals surface area contributed by atoms with Gasteiger partial charge in [0, 0.05) is 18.2 Å². The molecule has 6 N–H and O–H groups in total. The van der Waals surface area contributed by atoms with E-state index in [1.54, 1.807) is 49.0 Å². The summed E-state index contributed by atoms with van der Waals surface area (Å²) >= 11 is 0. The zero-order valence-corrected chi connectivity index (χ0v) is 22.6. The van der Waals surface area contributed by atoms with Gasteiger partial charge in [-0.1, -0.05) is 18.2 Å². The van der Waals surface area contributed by atoms with E-state index in [0.29, 0.717) is 39.4 Å². The summed E-state index contributed by atoms with van der Waals surface area (Å²) in [7, 11) is 0. The van der Waals surface area contributed by atoms with Crippen LogP contribution in [-0.4, -0.2) is 47.0 Å². The summed E-state index contributed by atoms with van der Waals surface area (Å²) in [5, 5.41) is 18.0. The minimum atomic E-state index is -1.04. The highest BCUT2D eigenvalue weighted by Gasteiger charge is 2.50. The van der Waals surface area contributed by atoms with Crippen LogP contribution in [0.2, 0.25) is 0 Å². The Balaban J connectivity index is 1.40. The molecule has 12 nitrogen and oxygen atoms in total. The Morgan fingerprint density at radius 1 is 1.22 bits per heavy atom. The van der Waals surface area contributed by atoms with Crippen LogP contribution >= 0.6 is 0 Å². The zero-order valence-electron chi connectivity index (χ0n) is 22.6. The van der Waals surface area contributed by atoms with Gasteiger partial charge in [-0.2, -0.15) is 5.10 Å². The Morgan fingerprint density at radius 2 is 2.00 bits per heavy atom. The van der Waals surface area contributed by atoms with Crippen molar-refractivity contribution in [2.24, 2.45) is 11.1 Å². The largest absolute Gasteiger partial charge is 0.481 e. The zero-order chi connectivity index (χ0) is 29.1. The van der Waals surface area contributed by atoms with Crippen LogP contribution < -0.4 is 16.8 Å². The molecule has 1 aromatic carbocycles. The lowest BCUT2D eigenvalue weighted by Crippen LogP contribution is -2.44. The third-order valence-electron chi connectivity index (χ3n) is 7.57. The monoisotopic (exact) mass is 557 g/mol. The second-order valence-electron chi connectivity index (χ2n) is 11.0. The predicted molar refractivity (Wildman–Crippen MR) is 148 cm³/mol. The van der Waals surface area contributed by atoms with Crippen molar-refractivity contribution in [3.63, 3.8) is 0 Å². The van der Waals surface area contributed by atoms with Gasteiger partial charge in [-0.15, -0.1) is 0 Å². The summed E-state index contributed by atoms with van der Waals surface area (Å²) in [5.41, 5.74) is 13.4. The molecular weight excluding hydrogens is 529 g/mol. The maximum absolute atomic E-state index is 14.4. The molecular formula is C28H28FN9O3. The maximum Gasteiger partial charge on any atom is 0.309 e. The van der Waals surface area contributed by atoms with Crippen molar-refractivity contribution in [3.05, 3.63) is 77.4 Å². The molecule has 1 aliphatic rings. The van der Waals surface area contributed by atoms with E-state index in [2.05, 4.69) is 20.3 Å². The number of halogens is 1. The Kier molecular flexibility index (Phi) is 5.99. The lowest BCUT2D eigenvalue weighted by atomic mass is 9.82. The Labute approximate surface area is 233 Å². The lowest BCUT2D eigenvalue weighted by molar-refractivity contribution is -0.146. The summed E-state index contributed by atoms with van der Waals surface area (Å²) in [4.78, 5) is 30.0. The van der Waals surface area contributed by atoms with E-state index in [0.717, 1.165) is 0 Å². The molecule has 1 aliphatic heterocycles. The molecule has 41 heavy (non-hydrogen) atoms. The molecule has 210 valence electrons. The molecule has 6 rings (SSSR count). The Bertz CT molecular complexity index is 1810. The summed E-state index contributed by atoms with van der Waals surface area (Å²) in [6.45, 7) is 5.21. The van der Waals surface area contributed by atoms with E-state index in [1.807, 2.05) is 13.0 Å². The summed E-state index contributed by atoms with van der Waals surface area (Å²) in [5.74, 6) is -0.230. The molecule has 2 unspecified atom stereocenters. The van der Waals surface area contributed by atoms with Gasteiger partial charge in [0.2, 0.25) is 5.89 Å². The van der Waals surface area contributed by atoms with Crippen molar-refractivity contribution in [1.82, 2.24) is 29.7 Å². The van der Waals surface area contributed by atoms with Gasteiger partial charge in [0.25, 0.3) is 0 Å². The number of oxazole rings is 1. The van der Waals surface area contributed by atoms with Crippen molar-refractivity contribution >= 4 is 28.6 Å². The van der Waals surface area contributed by atoms with Crippen LogP contribution in [0.5, 0.6) is 0 Å². The van der Waals surface area contributed by atoms with E-state index in [-0.39, 0.29) is 36.3 Å². The molecule has 0 bridgehead atoms. The van der Waals surface area contributed by atoms with E-state index in [1.165, 1.54) is 12.3 Å². The topological polar surface area (TPSA) is 184 Å². The average molecular weight is 558 g/mol. The van der Waals surface area contributed by atoms with Crippen molar-refractivity contribution in [2.75, 3.05) is 11.1 Å². The number of hydrogen-bond acceptors (Lipinski definition) is 10. The molecule has 0 saturated heterocycles. The minimum Gasteiger partial charge on any atom is -0.481 e. The summed E-state index contributed by atoms with van der Waals surface area (Å²) < 4.78 is 21.8. The third kappa shape index (κ3) is 4.25. The molecule has 0 radical (unpaired) electrons. The van der Waals surface area contributed by atoms with Crippen molar-refractivity contribution in [1.29, 1.82) is 0 Å². The molecule has 0 aliphatic carbocycles. The fraction of sp³-hybridized carbons (Fsp3) is 0.286. The highest BCUT2D eigenvalue weighted by Crippen LogP contribution is 2.46. The molecule has 13 heteroatoms. The molecule has 5 heterocycles. The van der Waals surface area contributed by atoms with Gasteiger partial charge in [-0.3, -0.25) is 4.79 Å². The fourth-order valence-electron chi connectivity index (χ4n) is 5.12. The number of nitrogens with one attached hydrogen (secondary N) is 1. The van der Waals surface area contributed by atoms with Crippen LogP contribution in [0.15, 0.2) is 53.3 Å². The van der Waals surface area contributed by atoms with Crippen LogP contribution in [-0.2, 0) is 23.2 Å². The molecule has 0 amide bonds. The number of fused-ring (bicyclic) bond motifs is 2. The number of nitrogens with two attached hydrogens (primary N) is 2. The molecule has 2 atom stereocenters. The highest BCUT2D eigenvalue weighted by molar-refractivity contribution is 5.90. The predicted octanol–water partition coefficient (Wildman–Crippen LogP) is 3.32. The first-order valence-electron chi connectivity index (χ1n) is 12.9. The fourth-order valence-corrected chi connectivity index (χ4v) is 5.12. The number of carbonyl (C=O) groups is 1. The van der Waals surface area contributed by atoms with Crippen LogP contribution in [0, 0.1) is 11.2 Å². The van der Waals surface area contributed by atoms with Crippen LogP contribution in [0.1, 0.15) is 43.5 Å². The number of aromatic nitrogens is 6. The SMILES string of the molecule is CC(C)(Cc1coc(C2(C)c3c(N)nc(-c4nn(Cc5ccccc5F)c5ncccc45)nc3NC2N)n1)C(=O)O. The van der Waals surface area contributed by atoms with Gasteiger partial charge in [0.05, 0.1) is 34.8 Å². The number of nitrogens with zero attached hydrogens (tertiary/aromatic N) is 6. The normalized spacial score (nSPS) is 18.4. The smallest absolute Gasteiger partial charge is 0.309 e. The number of benzene rings is 1.